The molecule has 4 rings (SSSR count). The average Bonchev–Trinajstić information content (AvgIpc) is 2.79. The fraction of sp³-hybridized carbons (Fsp3) is 0.190. The summed E-state index contributed by atoms with van der Waals surface area (Å²) in [6.07, 6.45) is 0. The largest absolute Gasteiger partial charge is 0.352 e. The number of halogens is 1. The molecule has 0 spiro atoms. The molecule has 1 amide bonds. The summed E-state index contributed by atoms with van der Waals surface area (Å²) in [7, 11) is 0. The molecule has 152 valence electrons. The highest BCUT2D eigenvalue weighted by Crippen LogP contribution is 2.25. The van der Waals surface area contributed by atoms with E-state index in [0.717, 1.165) is 17.1 Å². The van der Waals surface area contributed by atoms with E-state index in [1.807, 2.05) is 47.4 Å². The van der Waals surface area contributed by atoms with E-state index in [0.29, 0.717) is 26.2 Å². The molecule has 1 aliphatic rings. The van der Waals surface area contributed by atoms with Gasteiger partial charge in [0, 0.05) is 42.8 Å². The average molecular weight is 424 g/mol. The molecule has 1 aromatic heterocycles. The first-order chi connectivity index (χ1) is 14.5. The van der Waals surface area contributed by atoms with Crippen LogP contribution in [-0.2, 0) is 0 Å². The number of aromatic nitrogens is 2. The Hall–Kier alpha value is -3.52. The Morgan fingerprint density at radius 2 is 1.70 bits per heavy atom. The van der Waals surface area contributed by atoms with Gasteiger partial charge in [0.2, 0.25) is 0 Å². The molecule has 1 saturated heterocycles. The zero-order valence-corrected chi connectivity index (χ0v) is 16.7. The Balaban J connectivity index is 1.43. The summed E-state index contributed by atoms with van der Waals surface area (Å²) in [5.74, 6) is 0.364. The van der Waals surface area contributed by atoms with E-state index in [1.54, 1.807) is 4.90 Å². The van der Waals surface area contributed by atoms with Crippen LogP contribution in [0.15, 0.2) is 60.7 Å². The summed E-state index contributed by atoms with van der Waals surface area (Å²) in [6, 6.07) is 17.7. The van der Waals surface area contributed by atoms with Gasteiger partial charge in [0.15, 0.2) is 5.82 Å². The third-order valence-electron chi connectivity index (χ3n) is 5.00. The van der Waals surface area contributed by atoms with Crippen molar-refractivity contribution >= 4 is 29.0 Å². The smallest absolute Gasteiger partial charge is 0.283 e. The van der Waals surface area contributed by atoms with Gasteiger partial charge in [-0.2, -0.15) is 0 Å². The lowest BCUT2D eigenvalue weighted by molar-refractivity contribution is -0.385. The third-order valence-corrected chi connectivity index (χ3v) is 5.23. The number of hydrogen-bond donors (Lipinski definition) is 0. The molecule has 1 fully saturated rings. The number of carbonyl (C=O) groups excluding carboxylic acids is 1. The molecule has 8 nitrogen and oxygen atoms in total. The highest BCUT2D eigenvalue weighted by molar-refractivity contribution is 6.31. The van der Waals surface area contributed by atoms with Crippen molar-refractivity contribution in [3.63, 3.8) is 0 Å². The normalized spacial score (nSPS) is 13.9. The van der Waals surface area contributed by atoms with E-state index >= 15 is 0 Å². The molecule has 0 bridgehead atoms. The summed E-state index contributed by atoms with van der Waals surface area (Å²) in [4.78, 5) is 27.2. The lowest BCUT2D eigenvalue weighted by Gasteiger charge is -2.35. The quantitative estimate of drug-likeness (QED) is 0.469. The topological polar surface area (TPSA) is 92.5 Å². The maximum atomic E-state index is 12.8. The minimum atomic E-state index is -0.584. The van der Waals surface area contributed by atoms with Crippen molar-refractivity contribution in [3.05, 3.63) is 81.4 Å². The number of rotatable bonds is 4. The van der Waals surface area contributed by atoms with E-state index in [9.17, 15) is 14.9 Å². The molecule has 30 heavy (non-hydrogen) atoms. The number of anilines is 1. The van der Waals surface area contributed by atoms with Crippen LogP contribution in [0.5, 0.6) is 0 Å². The maximum absolute atomic E-state index is 12.8. The van der Waals surface area contributed by atoms with E-state index in [2.05, 4.69) is 10.2 Å². The van der Waals surface area contributed by atoms with Crippen LogP contribution in [0.4, 0.5) is 11.5 Å². The van der Waals surface area contributed by atoms with Gasteiger partial charge in [0.25, 0.3) is 11.6 Å². The minimum absolute atomic E-state index is 0.0462. The van der Waals surface area contributed by atoms with E-state index < -0.39 is 4.92 Å². The molecule has 0 N–H and O–H groups in total. The number of nitro benzene ring substituents is 1. The monoisotopic (exact) mass is 423 g/mol. The van der Waals surface area contributed by atoms with Crippen molar-refractivity contribution < 1.29 is 9.72 Å². The van der Waals surface area contributed by atoms with Gasteiger partial charge >= 0.3 is 0 Å². The van der Waals surface area contributed by atoms with Crippen LogP contribution in [0, 0.1) is 10.1 Å². The SMILES string of the molecule is O=C(c1ccc(Cl)cc1[N+](=O)[O-])N1CCN(c2ccc(-c3ccccc3)nn2)CC1. The fourth-order valence-electron chi connectivity index (χ4n) is 3.40. The van der Waals surface area contributed by atoms with Gasteiger partial charge in [-0.15, -0.1) is 10.2 Å². The van der Waals surface area contributed by atoms with Gasteiger partial charge in [-0.1, -0.05) is 41.9 Å². The van der Waals surface area contributed by atoms with Gasteiger partial charge in [-0.05, 0) is 24.3 Å². The molecule has 0 atom stereocenters. The number of carbonyl (C=O) groups is 1. The second kappa shape index (κ2) is 8.46. The molecule has 0 unspecified atom stereocenters. The van der Waals surface area contributed by atoms with E-state index in [1.165, 1.54) is 18.2 Å². The second-order valence-electron chi connectivity index (χ2n) is 6.84. The number of hydrogen-bond acceptors (Lipinski definition) is 6. The number of piperazine rings is 1. The van der Waals surface area contributed by atoms with Crippen molar-refractivity contribution in [1.29, 1.82) is 0 Å². The van der Waals surface area contributed by atoms with Crippen LogP contribution < -0.4 is 4.90 Å². The van der Waals surface area contributed by atoms with Crippen molar-refractivity contribution in [2.45, 2.75) is 0 Å². The summed E-state index contributed by atoms with van der Waals surface area (Å²) in [5.41, 5.74) is 1.56. The molecular weight excluding hydrogens is 406 g/mol. The fourth-order valence-corrected chi connectivity index (χ4v) is 3.57. The van der Waals surface area contributed by atoms with Crippen LogP contribution in [0.3, 0.4) is 0 Å². The Kier molecular flexibility index (Phi) is 5.58. The van der Waals surface area contributed by atoms with Crippen molar-refractivity contribution in [3.8, 4) is 11.3 Å². The van der Waals surface area contributed by atoms with Crippen LogP contribution in [0.1, 0.15) is 10.4 Å². The van der Waals surface area contributed by atoms with Crippen molar-refractivity contribution in [2.24, 2.45) is 0 Å². The van der Waals surface area contributed by atoms with Crippen LogP contribution >= 0.6 is 11.6 Å². The molecule has 1 aliphatic heterocycles. The molecule has 9 heteroatoms. The minimum Gasteiger partial charge on any atom is -0.352 e. The van der Waals surface area contributed by atoms with Gasteiger partial charge in [-0.25, -0.2) is 0 Å². The molecule has 0 aliphatic carbocycles. The second-order valence-corrected chi connectivity index (χ2v) is 7.28. The van der Waals surface area contributed by atoms with Crippen LogP contribution in [0.25, 0.3) is 11.3 Å². The number of nitrogens with zero attached hydrogens (tertiary/aromatic N) is 5. The van der Waals surface area contributed by atoms with Crippen LogP contribution in [-0.4, -0.2) is 52.1 Å². The third kappa shape index (κ3) is 4.08. The Labute approximate surface area is 177 Å². The predicted octanol–water partition coefficient (Wildman–Crippen LogP) is 3.67. The zero-order chi connectivity index (χ0) is 21.1. The lowest BCUT2D eigenvalue weighted by atomic mass is 10.1. The molecule has 0 saturated carbocycles. The summed E-state index contributed by atoms with van der Waals surface area (Å²) >= 11 is 5.84. The maximum Gasteiger partial charge on any atom is 0.283 e. The zero-order valence-electron chi connectivity index (χ0n) is 15.9. The molecule has 2 aromatic carbocycles. The number of benzene rings is 2. The summed E-state index contributed by atoms with van der Waals surface area (Å²) in [5, 5.41) is 20.1. The standard InChI is InChI=1S/C21H18ClN5O3/c22-16-6-7-17(19(14-16)27(29)30)21(28)26-12-10-25(11-13-26)20-9-8-18(23-24-20)15-4-2-1-3-5-15/h1-9,14H,10-13H2. The Morgan fingerprint density at radius 1 is 0.967 bits per heavy atom. The van der Waals surface area contributed by atoms with Crippen molar-refractivity contribution in [2.75, 3.05) is 31.1 Å². The molecule has 2 heterocycles. The molecule has 0 radical (unpaired) electrons. The van der Waals surface area contributed by atoms with Gasteiger partial charge in [0.1, 0.15) is 5.56 Å². The van der Waals surface area contributed by atoms with Gasteiger partial charge < -0.3 is 9.80 Å². The first kappa shape index (κ1) is 19.8. The van der Waals surface area contributed by atoms with Crippen LogP contribution in [0.2, 0.25) is 5.02 Å². The first-order valence-electron chi connectivity index (χ1n) is 9.40. The highest BCUT2D eigenvalue weighted by atomic mass is 35.5. The summed E-state index contributed by atoms with van der Waals surface area (Å²) in [6.45, 7) is 1.99. The summed E-state index contributed by atoms with van der Waals surface area (Å²) < 4.78 is 0. The van der Waals surface area contributed by atoms with Gasteiger partial charge in [-0.3, -0.25) is 14.9 Å². The van der Waals surface area contributed by atoms with E-state index in [-0.39, 0.29) is 22.2 Å². The lowest BCUT2D eigenvalue weighted by Crippen LogP contribution is -2.49. The predicted molar refractivity (Wildman–Crippen MR) is 114 cm³/mol. The van der Waals surface area contributed by atoms with Gasteiger partial charge in [0.05, 0.1) is 10.6 Å². The number of nitro groups is 1. The Morgan fingerprint density at radius 3 is 2.33 bits per heavy atom. The van der Waals surface area contributed by atoms with Crippen molar-refractivity contribution in [1.82, 2.24) is 15.1 Å². The first-order valence-corrected chi connectivity index (χ1v) is 9.78. The van der Waals surface area contributed by atoms with E-state index in [4.69, 9.17) is 11.6 Å². The molecule has 3 aromatic rings. The number of amides is 1. The highest BCUT2D eigenvalue weighted by Gasteiger charge is 2.28. The molecular formula is C21H18ClN5O3. The Bertz CT molecular complexity index is 1070.